The molecule has 12 heteroatoms. The molecule has 0 aromatic rings. The van der Waals surface area contributed by atoms with Gasteiger partial charge in [-0.25, -0.2) is 4.79 Å². The summed E-state index contributed by atoms with van der Waals surface area (Å²) in [5, 5.41) is 25.3. The van der Waals surface area contributed by atoms with Gasteiger partial charge in [0.25, 0.3) is 0 Å². The van der Waals surface area contributed by atoms with Crippen molar-refractivity contribution in [3.05, 3.63) is 0 Å². The van der Waals surface area contributed by atoms with Crippen LogP contribution in [0.15, 0.2) is 0 Å². The number of nitrogens with two attached hydrogens (primary N) is 1. The summed E-state index contributed by atoms with van der Waals surface area (Å²) in [5.41, 5.74) is 5.70. The number of hydrogen-bond acceptors (Lipinski definition) is 7. The first kappa shape index (κ1) is 28.7. The molecule has 0 radical (unpaired) electrons. The Bertz CT molecular complexity index is 647. The molecule has 0 aliphatic rings. The topological polar surface area (TPSA) is 188 Å². The zero-order valence-corrected chi connectivity index (χ0v) is 19.2. The molecule has 0 aromatic carbocycles. The molecule has 0 aromatic heterocycles. The Balaban J connectivity index is 5.06. The van der Waals surface area contributed by atoms with Crippen LogP contribution in [0.25, 0.3) is 0 Å². The molecular formula is C19H34N4O7S. The lowest BCUT2D eigenvalue weighted by molar-refractivity contribution is -0.142. The third-order valence-electron chi connectivity index (χ3n) is 4.78. The highest BCUT2D eigenvalue weighted by Gasteiger charge is 2.30. The average Bonchev–Trinajstić information content (AvgIpc) is 2.71. The minimum Gasteiger partial charge on any atom is -0.481 e. The average molecular weight is 463 g/mol. The van der Waals surface area contributed by atoms with Crippen LogP contribution in [0.5, 0.6) is 0 Å². The second-order valence-corrected chi connectivity index (χ2v) is 8.31. The monoisotopic (exact) mass is 462 g/mol. The fourth-order valence-electron chi connectivity index (χ4n) is 2.53. The van der Waals surface area contributed by atoms with Gasteiger partial charge in [0.05, 0.1) is 6.04 Å². The normalized spacial score (nSPS) is 15.6. The molecular weight excluding hydrogens is 428 g/mol. The highest BCUT2D eigenvalue weighted by molar-refractivity contribution is 7.98. The smallest absolute Gasteiger partial charge is 0.326 e. The molecule has 0 fully saturated rings. The fourth-order valence-corrected chi connectivity index (χ4v) is 3.00. The van der Waals surface area contributed by atoms with Crippen LogP contribution in [0.1, 0.15) is 46.5 Å². The summed E-state index contributed by atoms with van der Waals surface area (Å²) in [6.45, 7) is 4.97. The first-order chi connectivity index (χ1) is 14.4. The zero-order valence-electron chi connectivity index (χ0n) is 18.3. The van der Waals surface area contributed by atoms with Gasteiger partial charge in [-0.15, -0.1) is 0 Å². The van der Waals surface area contributed by atoms with Crippen molar-refractivity contribution < 1.29 is 34.2 Å². The third-order valence-corrected chi connectivity index (χ3v) is 5.42. The summed E-state index contributed by atoms with van der Waals surface area (Å²) in [5.74, 6) is -3.94. The van der Waals surface area contributed by atoms with Crippen LogP contribution in [0, 0.1) is 5.92 Å². The van der Waals surface area contributed by atoms with Gasteiger partial charge < -0.3 is 31.9 Å². The number of carboxylic acids is 2. The van der Waals surface area contributed by atoms with E-state index in [0.29, 0.717) is 12.2 Å². The van der Waals surface area contributed by atoms with Crippen molar-refractivity contribution in [2.75, 3.05) is 12.0 Å². The number of carbonyl (C=O) groups excluding carboxylic acids is 3. The van der Waals surface area contributed by atoms with Gasteiger partial charge in [-0.2, -0.15) is 11.8 Å². The van der Waals surface area contributed by atoms with E-state index in [1.54, 1.807) is 6.92 Å². The number of nitrogens with one attached hydrogen (secondary N) is 3. The van der Waals surface area contributed by atoms with E-state index in [4.69, 9.17) is 10.8 Å². The Hall–Kier alpha value is -2.34. The highest BCUT2D eigenvalue weighted by atomic mass is 32.2. The number of carbonyl (C=O) groups is 5. The van der Waals surface area contributed by atoms with Crippen molar-refractivity contribution in [2.24, 2.45) is 11.7 Å². The first-order valence-electron chi connectivity index (χ1n) is 10.0. The number of rotatable bonds is 15. The molecule has 178 valence electrons. The van der Waals surface area contributed by atoms with Crippen LogP contribution in [-0.4, -0.2) is 76.0 Å². The van der Waals surface area contributed by atoms with Gasteiger partial charge in [-0.05, 0) is 37.7 Å². The molecule has 5 atom stereocenters. The SMILES string of the molecule is CCC(C)C(NC(=O)C(N)CCC(=O)O)C(=O)NC(C)C(=O)NC(CCSC)C(=O)O. The molecule has 31 heavy (non-hydrogen) atoms. The van der Waals surface area contributed by atoms with E-state index in [0.717, 1.165) is 0 Å². The summed E-state index contributed by atoms with van der Waals surface area (Å²) < 4.78 is 0. The zero-order chi connectivity index (χ0) is 24.1. The molecule has 0 aliphatic carbocycles. The molecule has 0 saturated heterocycles. The molecule has 0 aliphatic heterocycles. The van der Waals surface area contributed by atoms with Crippen molar-refractivity contribution in [1.82, 2.24) is 16.0 Å². The molecule has 5 unspecified atom stereocenters. The predicted molar refractivity (Wildman–Crippen MR) is 116 cm³/mol. The fraction of sp³-hybridized carbons (Fsp3) is 0.737. The minimum absolute atomic E-state index is 0.0819. The lowest BCUT2D eigenvalue weighted by Gasteiger charge is -2.26. The second-order valence-electron chi connectivity index (χ2n) is 7.32. The highest BCUT2D eigenvalue weighted by Crippen LogP contribution is 2.10. The maximum Gasteiger partial charge on any atom is 0.326 e. The molecule has 11 nitrogen and oxygen atoms in total. The van der Waals surface area contributed by atoms with Crippen LogP contribution in [-0.2, 0) is 24.0 Å². The predicted octanol–water partition coefficient (Wildman–Crippen LogP) is -0.463. The van der Waals surface area contributed by atoms with E-state index in [1.165, 1.54) is 18.7 Å². The van der Waals surface area contributed by atoms with Gasteiger partial charge in [-0.3, -0.25) is 19.2 Å². The lowest BCUT2D eigenvalue weighted by atomic mass is 9.97. The molecule has 0 rings (SSSR count). The van der Waals surface area contributed by atoms with Crippen molar-refractivity contribution in [1.29, 1.82) is 0 Å². The molecule has 0 saturated carbocycles. The Morgan fingerprint density at radius 1 is 0.935 bits per heavy atom. The summed E-state index contributed by atoms with van der Waals surface area (Å²) in [7, 11) is 0. The quantitative estimate of drug-likeness (QED) is 0.187. The van der Waals surface area contributed by atoms with E-state index < -0.39 is 53.8 Å². The molecule has 0 spiro atoms. The summed E-state index contributed by atoms with van der Waals surface area (Å²) in [6, 6.07) is -4.19. The Kier molecular flexibility index (Phi) is 13.5. The van der Waals surface area contributed by atoms with Gasteiger partial charge in [0.15, 0.2) is 0 Å². The second kappa shape index (κ2) is 14.6. The number of thioether (sulfide) groups is 1. The van der Waals surface area contributed by atoms with E-state index in [1.807, 2.05) is 13.2 Å². The Morgan fingerprint density at radius 2 is 1.55 bits per heavy atom. The van der Waals surface area contributed by atoms with E-state index in [9.17, 15) is 29.1 Å². The van der Waals surface area contributed by atoms with Gasteiger partial charge >= 0.3 is 11.9 Å². The van der Waals surface area contributed by atoms with E-state index in [-0.39, 0.29) is 25.2 Å². The van der Waals surface area contributed by atoms with Crippen molar-refractivity contribution >= 4 is 41.4 Å². The van der Waals surface area contributed by atoms with Crippen LogP contribution in [0.2, 0.25) is 0 Å². The van der Waals surface area contributed by atoms with Crippen molar-refractivity contribution in [2.45, 2.75) is 70.6 Å². The molecule has 0 bridgehead atoms. The van der Waals surface area contributed by atoms with Gasteiger partial charge in [-0.1, -0.05) is 20.3 Å². The van der Waals surface area contributed by atoms with Crippen LogP contribution in [0.3, 0.4) is 0 Å². The number of amides is 3. The molecule has 7 N–H and O–H groups in total. The Morgan fingerprint density at radius 3 is 2.03 bits per heavy atom. The van der Waals surface area contributed by atoms with Gasteiger partial charge in [0.1, 0.15) is 18.1 Å². The van der Waals surface area contributed by atoms with Crippen LogP contribution in [0.4, 0.5) is 0 Å². The van der Waals surface area contributed by atoms with Gasteiger partial charge in [0.2, 0.25) is 17.7 Å². The standard InChI is InChI=1S/C19H34N4O7S/c1-5-10(2)15(23-17(27)12(20)6-7-14(24)25)18(28)21-11(3)16(26)22-13(19(29)30)8-9-31-4/h10-13,15H,5-9,20H2,1-4H3,(H,21,28)(H,22,26)(H,23,27)(H,24,25)(H,29,30). The number of aliphatic carboxylic acids is 2. The largest absolute Gasteiger partial charge is 0.481 e. The summed E-state index contributed by atoms with van der Waals surface area (Å²) in [6.07, 6.45) is 2.23. The van der Waals surface area contributed by atoms with Crippen LogP contribution < -0.4 is 21.7 Å². The minimum atomic E-state index is -1.17. The van der Waals surface area contributed by atoms with Crippen molar-refractivity contribution in [3.63, 3.8) is 0 Å². The van der Waals surface area contributed by atoms with E-state index in [2.05, 4.69) is 16.0 Å². The van der Waals surface area contributed by atoms with E-state index >= 15 is 0 Å². The maximum absolute atomic E-state index is 12.7. The lowest BCUT2D eigenvalue weighted by Crippen LogP contribution is -2.58. The number of hydrogen-bond donors (Lipinski definition) is 6. The van der Waals surface area contributed by atoms with Crippen LogP contribution >= 0.6 is 11.8 Å². The summed E-state index contributed by atoms with van der Waals surface area (Å²) >= 11 is 1.45. The summed E-state index contributed by atoms with van der Waals surface area (Å²) in [4.78, 5) is 59.3. The number of carboxylic acid groups (broad SMARTS) is 2. The maximum atomic E-state index is 12.7. The van der Waals surface area contributed by atoms with Gasteiger partial charge in [0, 0.05) is 6.42 Å². The first-order valence-corrected chi connectivity index (χ1v) is 11.4. The third kappa shape index (κ3) is 11.0. The molecule has 3 amide bonds. The van der Waals surface area contributed by atoms with Crippen molar-refractivity contribution in [3.8, 4) is 0 Å². The Labute approximate surface area is 186 Å². The molecule has 0 heterocycles.